The van der Waals surface area contributed by atoms with E-state index in [-0.39, 0.29) is 35.6 Å². The van der Waals surface area contributed by atoms with Crippen molar-refractivity contribution >= 4 is 60.7 Å². The zero-order valence-corrected chi connectivity index (χ0v) is 25.1. The van der Waals surface area contributed by atoms with Crippen LogP contribution in [0.1, 0.15) is 23.7 Å². The Morgan fingerprint density at radius 3 is 2.44 bits per heavy atom. The molecule has 1 amide bonds. The minimum Gasteiger partial charge on any atom is -0.379 e. The van der Waals surface area contributed by atoms with Crippen LogP contribution in [0, 0.1) is 5.82 Å². The average molecular weight is 619 g/mol. The van der Waals surface area contributed by atoms with Crippen LogP contribution in [0.25, 0.3) is 10.2 Å². The number of rotatable bonds is 10. The number of amides is 1. The number of benzene rings is 3. The molecule has 1 saturated heterocycles. The number of fused-ring (bicyclic) bond motifs is 1. The minimum atomic E-state index is -3.82. The summed E-state index contributed by atoms with van der Waals surface area (Å²) in [5, 5.41) is 0.477. The van der Waals surface area contributed by atoms with Gasteiger partial charge >= 0.3 is 0 Å². The van der Waals surface area contributed by atoms with E-state index in [0.717, 1.165) is 19.6 Å². The van der Waals surface area contributed by atoms with Crippen LogP contribution in [-0.2, 0) is 14.8 Å². The quantitative estimate of drug-likeness (QED) is 0.235. The highest BCUT2D eigenvalue weighted by molar-refractivity contribution is 7.92. The van der Waals surface area contributed by atoms with Gasteiger partial charge in [0.1, 0.15) is 5.82 Å². The van der Waals surface area contributed by atoms with Gasteiger partial charge in [-0.05, 0) is 67.9 Å². The van der Waals surface area contributed by atoms with Gasteiger partial charge in [-0.25, -0.2) is 17.8 Å². The smallest absolute Gasteiger partial charge is 0.264 e. The van der Waals surface area contributed by atoms with Crippen molar-refractivity contribution in [1.29, 1.82) is 0 Å². The van der Waals surface area contributed by atoms with Gasteiger partial charge in [0.05, 0.1) is 34.0 Å². The van der Waals surface area contributed by atoms with E-state index in [4.69, 9.17) is 4.74 Å². The van der Waals surface area contributed by atoms with Crippen LogP contribution in [0.2, 0.25) is 0 Å². The normalized spacial score (nSPS) is 14.0. The summed E-state index contributed by atoms with van der Waals surface area (Å²) in [4.78, 5) is 22.4. The van der Waals surface area contributed by atoms with Gasteiger partial charge in [-0.2, -0.15) is 0 Å². The number of nitrogens with zero attached hydrogens (tertiary/aromatic N) is 4. The zero-order chi connectivity index (χ0) is 28.1. The molecule has 0 radical (unpaired) electrons. The number of hydrogen-bond donors (Lipinski definition) is 0. The van der Waals surface area contributed by atoms with Crippen LogP contribution in [0.3, 0.4) is 0 Å². The number of morpholine rings is 1. The fraction of sp³-hybridized carbons (Fsp3) is 0.310. The molecular weight excluding hydrogens is 587 g/mol. The van der Waals surface area contributed by atoms with Crippen LogP contribution in [0.15, 0.2) is 77.7 Å². The van der Waals surface area contributed by atoms with Gasteiger partial charge in [-0.1, -0.05) is 29.5 Å². The summed E-state index contributed by atoms with van der Waals surface area (Å²) >= 11 is 1.26. The standard InChI is InChI=1S/C29H31FN4O4S2.ClH/c1-2-34(24-7-4-3-5-8-24)40(36,37)25-12-9-22(10-13-25)28(35)33(16-6-15-32-17-19-38-20-18-32)29-31-26-14-11-23(30)21-27(26)39-29;/h3-5,7-14,21H,2,6,15-20H2,1H3;1H. The van der Waals surface area contributed by atoms with Crippen LogP contribution in [-0.4, -0.2) is 70.1 Å². The first-order chi connectivity index (χ1) is 19.4. The molecule has 1 aromatic heterocycles. The SMILES string of the molecule is CCN(c1ccccc1)S(=O)(=O)c1ccc(C(=O)N(CCCN2CCOCC2)c2nc3ccc(F)cc3s2)cc1.Cl. The summed E-state index contributed by atoms with van der Waals surface area (Å²) in [5.41, 5.74) is 1.54. The number of aromatic nitrogens is 1. The van der Waals surface area contributed by atoms with E-state index in [9.17, 15) is 17.6 Å². The lowest BCUT2D eigenvalue weighted by Gasteiger charge is -2.27. The van der Waals surface area contributed by atoms with Gasteiger partial charge in [0.2, 0.25) is 0 Å². The Morgan fingerprint density at radius 1 is 1.05 bits per heavy atom. The average Bonchev–Trinajstić information content (AvgIpc) is 3.39. The van der Waals surface area contributed by atoms with Gasteiger partial charge in [0, 0.05) is 38.3 Å². The molecule has 1 aliphatic rings. The molecule has 12 heteroatoms. The van der Waals surface area contributed by atoms with Crippen molar-refractivity contribution < 1.29 is 22.3 Å². The summed E-state index contributed by atoms with van der Waals surface area (Å²) in [6.07, 6.45) is 0.713. The van der Waals surface area contributed by atoms with Crippen molar-refractivity contribution in [2.75, 3.05) is 55.1 Å². The van der Waals surface area contributed by atoms with Gasteiger partial charge in [0.25, 0.3) is 15.9 Å². The van der Waals surface area contributed by atoms with Crippen LogP contribution in [0.5, 0.6) is 0 Å². The molecule has 4 aromatic rings. The van der Waals surface area contributed by atoms with Crippen LogP contribution >= 0.6 is 23.7 Å². The zero-order valence-electron chi connectivity index (χ0n) is 22.6. The molecule has 218 valence electrons. The number of hydrogen-bond acceptors (Lipinski definition) is 7. The first-order valence-electron chi connectivity index (χ1n) is 13.2. The molecule has 0 N–H and O–H groups in total. The van der Waals surface area contributed by atoms with Crippen molar-refractivity contribution in [3.63, 3.8) is 0 Å². The lowest BCUT2D eigenvalue weighted by molar-refractivity contribution is 0.0376. The molecule has 0 aliphatic carbocycles. The molecule has 1 aliphatic heterocycles. The maximum atomic E-state index is 13.8. The lowest BCUT2D eigenvalue weighted by atomic mass is 10.2. The summed E-state index contributed by atoms with van der Waals surface area (Å²) in [7, 11) is -3.82. The number of carbonyl (C=O) groups is 1. The first-order valence-corrected chi connectivity index (χ1v) is 15.5. The molecule has 2 heterocycles. The number of halogens is 2. The van der Waals surface area contributed by atoms with E-state index in [0.29, 0.717) is 52.8 Å². The van der Waals surface area contributed by atoms with Gasteiger partial charge in [-0.15, -0.1) is 12.4 Å². The Labute approximate surface area is 249 Å². The molecule has 8 nitrogen and oxygen atoms in total. The third kappa shape index (κ3) is 7.04. The fourth-order valence-electron chi connectivity index (χ4n) is 4.70. The predicted molar refractivity (Wildman–Crippen MR) is 163 cm³/mol. The maximum absolute atomic E-state index is 13.8. The van der Waals surface area contributed by atoms with E-state index >= 15 is 0 Å². The summed E-state index contributed by atoms with van der Waals surface area (Å²) in [6.45, 7) is 6.35. The minimum absolute atomic E-state index is 0. The maximum Gasteiger partial charge on any atom is 0.264 e. The van der Waals surface area contributed by atoms with Crippen molar-refractivity contribution in [2.45, 2.75) is 18.2 Å². The molecule has 41 heavy (non-hydrogen) atoms. The van der Waals surface area contributed by atoms with Crippen molar-refractivity contribution in [3.05, 3.63) is 84.2 Å². The van der Waals surface area contributed by atoms with E-state index < -0.39 is 10.0 Å². The molecule has 0 bridgehead atoms. The number of anilines is 2. The second kappa shape index (κ2) is 13.7. The van der Waals surface area contributed by atoms with Crippen LogP contribution < -0.4 is 9.21 Å². The first kappa shape index (κ1) is 30.9. The topological polar surface area (TPSA) is 83.1 Å². The second-order valence-electron chi connectivity index (χ2n) is 9.40. The number of thiazole rings is 1. The molecular formula is C29H32ClFN4O4S2. The number of para-hydroxylation sites is 1. The number of carbonyl (C=O) groups excluding carboxylic acids is 1. The largest absolute Gasteiger partial charge is 0.379 e. The molecule has 1 fully saturated rings. The summed E-state index contributed by atoms with van der Waals surface area (Å²) in [6, 6.07) is 19.3. The fourth-order valence-corrected chi connectivity index (χ4v) is 7.19. The van der Waals surface area contributed by atoms with Crippen LogP contribution in [0.4, 0.5) is 15.2 Å². The summed E-state index contributed by atoms with van der Waals surface area (Å²) < 4.78 is 48.0. The molecule has 5 rings (SSSR count). The second-order valence-corrected chi connectivity index (χ2v) is 12.3. The Balaban J connectivity index is 0.00000387. The number of sulfonamides is 1. The monoisotopic (exact) mass is 618 g/mol. The van der Waals surface area contributed by atoms with Crippen molar-refractivity contribution in [1.82, 2.24) is 9.88 Å². The summed E-state index contributed by atoms with van der Waals surface area (Å²) in [5.74, 6) is -0.651. The van der Waals surface area contributed by atoms with Crippen molar-refractivity contribution in [2.24, 2.45) is 0 Å². The van der Waals surface area contributed by atoms with Gasteiger partial charge < -0.3 is 4.74 Å². The Kier molecular flexibility index (Phi) is 10.3. The molecule has 0 unspecified atom stereocenters. The van der Waals surface area contributed by atoms with E-state index in [1.54, 1.807) is 42.2 Å². The van der Waals surface area contributed by atoms with E-state index in [2.05, 4.69) is 9.88 Å². The lowest BCUT2D eigenvalue weighted by Crippen LogP contribution is -2.39. The molecule has 3 aromatic carbocycles. The Bertz CT molecular complexity index is 1560. The molecule has 0 saturated carbocycles. The highest BCUT2D eigenvalue weighted by Gasteiger charge is 2.26. The molecule has 0 atom stereocenters. The third-order valence-electron chi connectivity index (χ3n) is 6.80. The van der Waals surface area contributed by atoms with E-state index in [1.165, 1.54) is 52.0 Å². The number of ether oxygens (including phenoxy) is 1. The van der Waals surface area contributed by atoms with Gasteiger partial charge in [-0.3, -0.25) is 18.9 Å². The Hall–Kier alpha value is -3.09. The van der Waals surface area contributed by atoms with Crippen molar-refractivity contribution in [3.8, 4) is 0 Å². The molecule has 0 spiro atoms. The van der Waals surface area contributed by atoms with E-state index in [1.807, 2.05) is 6.07 Å². The third-order valence-corrected chi connectivity index (χ3v) is 9.75. The Morgan fingerprint density at radius 2 is 1.76 bits per heavy atom. The highest BCUT2D eigenvalue weighted by atomic mass is 35.5. The predicted octanol–water partition coefficient (Wildman–Crippen LogP) is 5.44. The van der Waals surface area contributed by atoms with Gasteiger partial charge in [0.15, 0.2) is 5.13 Å². The highest BCUT2D eigenvalue weighted by Crippen LogP contribution is 2.31.